The van der Waals surface area contributed by atoms with Crippen molar-refractivity contribution in [3.8, 4) is 11.7 Å². The second-order valence-corrected chi connectivity index (χ2v) is 5.15. The quantitative estimate of drug-likeness (QED) is 0.512. The van der Waals surface area contributed by atoms with Gasteiger partial charge in [0, 0.05) is 11.4 Å². The molecule has 0 bridgehead atoms. The Balaban J connectivity index is 3.50. The van der Waals surface area contributed by atoms with Gasteiger partial charge in [-0.25, -0.2) is 4.98 Å². The molecule has 72 valence electrons. The normalized spacial score (nSPS) is 16.8. The van der Waals surface area contributed by atoms with Gasteiger partial charge in [-0.05, 0) is 12.1 Å². The number of nitrogens with zero attached hydrogens (tertiary/aromatic N) is 1. The minimum absolute atomic E-state index is 0.299. The molecule has 0 aliphatic rings. The van der Waals surface area contributed by atoms with Gasteiger partial charge in [-0.3, -0.25) is 0 Å². The highest BCUT2D eigenvalue weighted by molar-refractivity contribution is 8.53. The Morgan fingerprint density at radius 1 is 1.23 bits per heavy atom. The van der Waals surface area contributed by atoms with Crippen molar-refractivity contribution in [3.63, 3.8) is 0 Å². The van der Waals surface area contributed by atoms with Gasteiger partial charge >= 0.3 is 0 Å². The van der Waals surface area contributed by atoms with Crippen molar-refractivity contribution in [1.29, 1.82) is 0 Å². The number of rotatable bonds is 1. The van der Waals surface area contributed by atoms with Crippen LogP contribution in [0.1, 0.15) is 0 Å². The highest BCUT2D eigenvalue weighted by Gasteiger charge is 2.64. The maximum Gasteiger partial charge on any atom is 0.254 e. The zero-order valence-corrected chi connectivity index (χ0v) is 7.07. The van der Waals surface area contributed by atoms with Gasteiger partial charge < -0.3 is 0 Å². The first-order valence-electron chi connectivity index (χ1n) is 3.08. The molecule has 0 atom stereocenters. The average Bonchev–Trinajstić information content (AvgIpc) is 2.05. The molecule has 0 fully saturated rings. The summed E-state index contributed by atoms with van der Waals surface area (Å²) in [5, 5.41) is -1.34. The zero-order valence-electron chi connectivity index (χ0n) is 6.25. The van der Waals surface area contributed by atoms with Crippen LogP contribution in [0.2, 0.25) is 0 Å². The lowest BCUT2D eigenvalue weighted by Gasteiger charge is -2.42. The van der Waals surface area contributed by atoms with E-state index in [0.29, 0.717) is 11.3 Å². The summed E-state index contributed by atoms with van der Waals surface area (Å²) >= 11 is 0. The van der Waals surface area contributed by atoms with E-state index >= 15 is 0 Å². The van der Waals surface area contributed by atoms with Crippen molar-refractivity contribution in [2.45, 2.75) is 5.03 Å². The van der Waals surface area contributed by atoms with Crippen molar-refractivity contribution < 1.29 is 15.5 Å². The summed E-state index contributed by atoms with van der Waals surface area (Å²) in [6.45, 7) is 0. The molecule has 1 nitrogen and oxygen atoms in total. The number of terminal acetylenes is 1. The number of hydrogen-bond donors (Lipinski definition) is 0. The van der Waals surface area contributed by atoms with E-state index in [2.05, 4.69) is 11.4 Å². The Hall–Kier alpha value is -1.22. The minimum Gasteiger partial charge on any atom is -0.243 e. The summed E-state index contributed by atoms with van der Waals surface area (Å²) in [5.74, 6) is 0. The maximum absolute atomic E-state index is 12.7. The van der Waals surface area contributed by atoms with E-state index in [1.54, 1.807) is 0 Å². The number of halogens is 4. The van der Waals surface area contributed by atoms with E-state index in [0.717, 1.165) is 12.3 Å². The predicted octanol–water partition coefficient (Wildman–Crippen LogP) is 3.45. The summed E-state index contributed by atoms with van der Waals surface area (Å²) in [7, 11) is -8.54. The lowest BCUT2D eigenvalue weighted by Crippen LogP contribution is -2.11. The number of hydrogen-bond acceptors (Lipinski definition) is 1. The SMILES string of the molecule is C#CS(F)(F)(F)(F)c1ccccn1. The van der Waals surface area contributed by atoms with Crippen LogP contribution in [0.3, 0.4) is 0 Å². The van der Waals surface area contributed by atoms with E-state index in [1.807, 2.05) is 0 Å². The van der Waals surface area contributed by atoms with Crippen LogP contribution in [-0.4, -0.2) is 4.98 Å². The third-order valence-corrected chi connectivity index (χ3v) is 2.85. The van der Waals surface area contributed by atoms with E-state index < -0.39 is 14.9 Å². The molecule has 1 aromatic heterocycles. The third-order valence-electron chi connectivity index (χ3n) is 1.30. The fourth-order valence-electron chi connectivity index (χ4n) is 0.650. The summed E-state index contributed by atoms with van der Waals surface area (Å²) in [6.07, 6.45) is 5.01. The molecule has 0 aliphatic heterocycles. The van der Waals surface area contributed by atoms with Crippen LogP contribution < -0.4 is 0 Å². The van der Waals surface area contributed by atoms with Crippen molar-refractivity contribution in [2.24, 2.45) is 0 Å². The molecular weight excluding hydrogens is 206 g/mol. The first-order chi connectivity index (χ1) is 5.68. The molecule has 0 spiro atoms. The van der Waals surface area contributed by atoms with Gasteiger partial charge in [-0.2, -0.15) is 0 Å². The van der Waals surface area contributed by atoms with Crippen LogP contribution in [0.4, 0.5) is 15.5 Å². The van der Waals surface area contributed by atoms with Gasteiger partial charge in [-0.1, -0.05) is 6.07 Å². The fourth-order valence-corrected chi connectivity index (χ4v) is 1.40. The highest BCUT2D eigenvalue weighted by atomic mass is 32.5. The molecule has 1 aromatic rings. The number of aromatic nitrogens is 1. The van der Waals surface area contributed by atoms with E-state index in [1.165, 1.54) is 6.07 Å². The fraction of sp³-hybridized carbons (Fsp3) is 0. The second kappa shape index (κ2) is 1.99. The third kappa shape index (κ3) is 1.75. The standard InChI is InChI=1S/C7H5F4NS/c1-2-13(8,9,10,11)7-5-3-4-6-12-7/h1,3-6H. The molecule has 0 aromatic carbocycles. The summed E-state index contributed by atoms with van der Waals surface area (Å²) in [4.78, 5) is 2.87. The van der Waals surface area contributed by atoms with E-state index in [9.17, 15) is 15.5 Å². The van der Waals surface area contributed by atoms with Gasteiger partial charge in [0.1, 0.15) is 0 Å². The Bertz CT molecular complexity index is 373. The van der Waals surface area contributed by atoms with Gasteiger partial charge in [0.05, 0.1) is 0 Å². The molecule has 0 unspecified atom stereocenters. The molecule has 0 amide bonds. The Kier molecular flexibility index (Phi) is 1.51. The summed E-state index contributed by atoms with van der Waals surface area (Å²) < 4.78 is 51.0. The summed E-state index contributed by atoms with van der Waals surface area (Å²) in [5.41, 5.74) is 0. The van der Waals surface area contributed by atoms with Crippen LogP contribution >= 0.6 is 9.84 Å². The molecule has 0 saturated heterocycles. The van der Waals surface area contributed by atoms with Crippen LogP contribution in [0.25, 0.3) is 0 Å². The van der Waals surface area contributed by atoms with Crippen molar-refractivity contribution in [1.82, 2.24) is 4.98 Å². The predicted molar refractivity (Wildman–Crippen MR) is 43.4 cm³/mol. The van der Waals surface area contributed by atoms with Crippen LogP contribution in [-0.2, 0) is 0 Å². The zero-order chi connectivity index (χ0) is 10.2. The van der Waals surface area contributed by atoms with Crippen molar-refractivity contribution in [3.05, 3.63) is 24.4 Å². The van der Waals surface area contributed by atoms with Crippen molar-refractivity contribution in [2.75, 3.05) is 0 Å². The Labute approximate surface area is 72.2 Å². The maximum atomic E-state index is 12.7. The van der Waals surface area contributed by atoms with Gasteiger partial charge in [0.25, 0.3) is 9.84 Å². The molecular formula is C7H5F4NS. The topological polar surface area (TPSA) is 12.9 Å². The Morgan fingerprint density at radius 3 is 2.23 bits per heavy atom. The molecule has 1 rings (SSSR count). The lowest BCUT2D eigenvalue weighted by atomic mass is 10.5. The van der Waals surface area contributed by atoms with Gasteiger partial charge in [-0.15, -0.1) is 22.0 Å². The monoisotopic (exact) mass is 211 g/mol. The second-order valence-electron chi connectivity index (χ2n) is 2.36. The molecule has 0 radical (unpaired) electrons. The molecule has 13 heavy (non-hydrogen) atoms. The smallest absolute Gasteiger partial charge is 0.243 e. The van der Waals surface area contributed by atoms with E-state index in [4.69, 9.17) is 0 Å². The molecule has 1 heterocycles. The molecule has 0 aliphatic carbocycles. The van der Waals surface area contributed by atoms with Crippen LogP contribution in [0.15, 0.2) is 29.4 Å². The highest BCUT2D eigenvalue weighted by Crippen LogP contribution is 2.99. The molecule has 6 heteroatoms. The number of pyridine rings is 1. The minimum atomic E-state index is -8.54. The lowest BCUT2D eigenvalue weighted by molar-refractivity contribution is 0.463. The summed E-state index contributed by atoms with van der Waals surface area (Å²) in [6, 6.07) is 2.78. The first kappa shape index (κ1) is 9.86. The molecule has 0 N–H and O–H groups in total. The van der Waals surface area contributed by atoms with Gasteiger partial charge in [0.15, 0.2) is 5.03 Å². The van der Waals surface area contributed by atoms with Gasteiger partial charge in [0.2, 0.25) is 0 Å². The van der Waals surface area contributed by atoms with Crippen LogP contribution in [0, 0.1) is 11.7 Å². The largest absolute Gasteiger partial charge is 0.254 e. The molecule has 0 saturated carbocycles. The first-order valence-corrected chi connectivity index (χ1v) is 5.14. The van der Waals surface area contributed by atoms with E-state index in [-0.39, 0.29) is 0 Å². The van der Waals surface area contributed by atoms with Crippen molar-refractivity contribution >= 4 is 9.84 Å². The average molecular weight is 211 g/mol. The van der Waals surface area contributed by atoms with Crippen LogP contribution in [0.5, 0.6) is 0 Å². The Morgan fingerprint density at radius 2 is 1.85 bits per heavy atom.